The smallest absolute Gasteiger partial charge is 0.263 e. The Hall–Kier alpha value is -2.33. The molecule has 0 bridgehead atoms. The van der Waals surface area contributed by atoms with Crippen molar-refractivity contribution in [3.63, 3.8) is 0 Å². The van der Waals surface area contributed by atoms with Crippen LogP contribution in [0, 0.1) is 0 Å². The average molecular weight is 379 g/mol. The fraction of sp³-hybridized carbons (Fsp3) is 0.333. The Balaban J connectivity index is 1.76. The van der Waals surface area contributed by atoms with E-state index in [2.05, 4.69) is 25.2 Å². The summed E-state index contributed by atoms with van der Waals surface area (Å²) in [5.41, 5.74) is 0.461. The van der Waals surface area contributed by atoms with Gasteiger partial charge in [0.2, 0.25) is 5.13 Å². The Morgan fingerprint density at radius 3 is 2.88 bits per heavy atom. The van der Waals surface area contributed by atoms with Crippen molar-refractivity contribution in [3.05, 3.63) is 34.8 Å². The molecule has 1 amide bonds. The Bertz CT molecular complexity index is 936. The SMILES string of the molecule is CCCc1nnc(NC(=O)[C@H](C)N=C2NS(=O)(=O)c3ccccc32)s1. The van der Waals surface area contributed by atoms with Crippen LogP contribution in [0.5, 0.6) is 0 Å². The molecule has 0 saturated carbocycles. The minimum Gasteiger partial charge on any atom is -0.299 e. The molecule has 0 radical (unpaired) electrons. The van der Waals surface area contributed by atoms with Gasteiger partial charge in [-0.05, 0) is 25.5 Å². The second-order valence-electron chi connectivity index (χ2n) is 5.50. The summed E-state index contributed by atoms with van der Waals surface area (Å²) in [5, 5.41) is 11.8. The minimum atomic E-state index is -3.62. The van der Waals surface area contributed by atoms with Gasteiger partial charge in [0.1, 0.15) is 16.9 Å². The molecule has 0 saturated heterocycles. The third kappa shape index (κ3) is 3.69. The molecule has 0 aliphatic carbocycles. The molecule has 25 heavy (non-hydrogen) atoms. The lowest BCUT2D eigenvalue weighted by atomic mass is 10.2. The van der Waals surface area contributed by atoms with E-state index < -0.39 is 16.1 Å². The molecular weight excluding hydrogens is 362 g/mol. The monoisotopic (exact) mass is 379 g/mol. The van der Waals surface area contributed by atoms with Crippen LogP contribution in [-0.2, 0) is 21.2 Å². The molecule has 1 aliphatic rings. The zero-order chi connectivity index (χ0) is 18.0. The van der Waals surface area contributed by atoms with Crippen LogP contribution in [-0.4, -0.2) is 36.4 Å². The first-order chi connectivity index (χ1) is 11.9. The maximum absolute atomic E-state index is 12.3. The molecule has 3 rings (SSSR count). The number of amides is 1. The topological polar surface area (TPSA) is 113 Å². The molecule has 1 aromatic heterocycles. The van der Waals surface area contributed by atoms with Crippen LogP contribution in [0.15, 0.2) is 34.2 Å². The largest absolute Gasteiger partial charge is 0.299 e. The summed E-state index contributed by atoms with van der Waals surface area (Å²) in [5.74, 6) is -0.211. The first-order valence-electron chi connectivity index (χ1n) is 7.74. The average Bonchev–Trinajstić information content (AvgIpc) is 3.11. The van der Waals surface area contributed by atoms with Gasteiger partial charge in [0.05, 0.1) is 4.90 Å². The van der Waals surface area contributed by atoms with Crippen molar-refractivity contribution >= 4 is 38.2 Å². The van der Waals surface area contributed by atoms with E-state index in [1.54, 1.807) is 25.1 Å². The predicted octanol–water partition coefficient (Wildman–Crippen LogP) is 1.56. The predicted molar refractivity (Wildman–Crippen MR) is 95.3 cm³/mol. The maximum atomic E-state index is 12.3. The van der Waals surface area contributed by atoms with Crippen molar-refractivity contribution in [3.8, 4) is 0 Å². The lowest BCUT2D eigenvalue weighted by Crippen LogP contribution is -2.28. The van der Waals surface area contributed by atoms with Crippen molar-refractivity contribution in [1.29, 1.82) is 0 Å². The Kier molecular flexibility index (Phi) is 4.82. The number of benzene rings is 1. The van der Waals surface area contributed by atoms with Gasteiger partial charge in [-0.1, -0.05) is 30.4 Å². The van der Waals surface area contributed by atoms with Gasteiger partial charge in [-0.3, -0.25) is 19.8 Å². The van der Waals surface area contributed by atoms with E-state index in [9.17, 15) is 13.2 Å². The quantitative estimate of drug-likeness (QED) is 0.818. The number of sulfonamides is 1. The molecule has 2 heterocycles. The van der Waals surface area contributed by atoms with Crippen molar-refractivity contribution in [2.24, 2.45) is 4.99 Å². The molecule has 0 unspecified atom stereocenters. The van der Waals surface area contributed by atoms with Crippen LogP contribution < -0.4 is 10.0 Å². The highest BCUT2D eigenvalue weighted by Crippen LogP contribution is 2.23. The number of aryl methyl sites for hydroxylation is 1. The van der Waals surface area contributed by atoms with Crippen molar-refractivity contribution in [2.75, 3.05) is 5.32 Å². The summed E-state index contributed by atoms with van der Waals surface area (Å²) >= 11 is 1.32. The minimum absolute atomic E-state index is 0.162. The summed E-state index contributed by atoms with van der Waals surface area (Å²) in [4.78, 5) is 16.7. The zero-order valence-electron chi connectivity index (χ0n) is 13.7. The van der Waals surface area contributed by atoms with E-state index in [4.69, 9.17) is 0 Å². The number of carbonyl (C=O) groups excluding carboxylic acids is 1. The van der Waals surface area contributed by atoms with Gasteiger partial charge in [-0.15, -0.1) is 10.2 Å². The lowest BCUT2D eigenvalue weighted by Gasteiger charge is -2.07. The third-order valence-corrected chi connectivity index (χ3v) is 5.82. The van der Waals surface area contributed by atoms with E-state index in [0.29, 0.717) is 10.7 Å². The molecule has 8 nitrogen and oxygen atoms in total. The van der Waals surface area contributed by atoms with Gasteiger partial charge < -0.3 is 0 Å². The third-order valence-electron chi connectivity index (χ3n) is 3.53. The molecule has 0 spiro atoms. The van der Waals surface area contributed by atoms with Gasteiger partial charge in [0, 0.05) is 12.0 Å². The van der Waals surface area contributed by atoms with Crippen LogP contribution in [0.4, 0.5) is 5.13 Å². The number of amidine groups is 1. The molecule has 0 fully saturated rings. The summed E-state index contributed by atoms with van der Waals surface area (Å²) < 4.78 is 26.5. The second kappa shape index (κ2) is 6.89. The lowest BCUT2D eigenvalue weighted by molar-refractivity contribution is -0.117. The zero-order valence-corrected chi connectivity index (χ0v) is 15.3. The molecule has 1 aliphatic heterocycles. The van der Waals surface area contributed by atoms with Gasteiger partial charge in [-0.25, -0.2) is 8.42 Å². The molecular formula is C15H17N5O3S2. The Morgan fingerprint density at radius 1 is 1.36 bits per heavy atom. The number of hydrogen-bond donors (Lipinski definition) is 2. The van der Waals surface area contributed by atoms with Crippen molar-refractivity contribution in [1.82, 2.24) is 14.9 Å². The van der Waals surface area contributed by atoms with Crippen LogP contribution in [0.1, 0.15) is 30.8 Å². The Morgan fingerprint density at radius 2 is 2.12 bits per heavy atom. The van der Waals surface area contributed by atoms with Gasteiger partial charge in [0.25, 0.3) is 15.9 Å². The number of nitrogens with one attached hydrogen (secondary N) is 2. The van der Waals surface area contributed by atoms with Crippen LogP contribution in [0.25, 0.3) is 0 Å². The fourth-order valence-electron chi connectivity index (χ4n) is 2.31. The molecule has 2 N–H and O–H groups in total. The van der Waals surface area contributed by atoms with E-state index in [0.717, 1.165) is 17.8 Å². The molecule has 132 valence electrons. The Labute approximate surface area is 149 Å². The molecule has 2 aromatic rings. The van der Waals surface area contributed by atoms with Gasteiger partial charge >= 0.3 is 0 Å². The first-order valence-corrected chi connectivity index (χ1v) is 10.0. The van der Waals surface area contributed by atoms with Crippen molar-refractivity contribution in [2.45, 2.75) is 37.6 Å². The standard InChI is InChI=1S/C15H17N5O3S2/c1-3-6-12-18-19-15(24-12)17-14(21)9(2)16-13-10-7-4-5-8-11(10)25(22,23)20-13/h4-5,7-9H,3,6H2,1-2H3,(H,16,20)(H,17,19,21)/t9-/m0/s1. The van der Waals surface area contributed by atoms with Crippen LogP contribution in [0.2, 0.25) is 0 Å². The number of anilines is 1. The number of rotatable bonds is 5. The maximum Gasteiger partial charge on any atom is 0.263 e. The molecule has 1 atom stereocenters. The van der Waals surface area contributed by atoms with Crippen molar-refractivity contribution < 1.29 is 13.2 Å². The highest BCUT2D eigenvalue weighted by Gasteiger charge is 2.31. The number of aliphatic imine (C=N–C) groups is 1. The number of nitrogens with zero attached hydrogens (tertiary/aromatic N) is 3. The van der Waals surface area contributed by atoms with Gasteiger partial charge in [0.15, 0.2) is 0 Å². The summed E-state index contributed by atoms with van der Waals surface area (Å²) in [6.07, 6.45) is 1.76. The normalized spacial score (nSPS) is 17.8. The van der Waals surface area contributed by atoms with Gasteiger partial charge in [-0.2, -0.15) is 0 Å². The molecule has 10 heteroatoms. The summed E-state index contributed by atoms with van der Waals surface area (Å²) in [7, 11) is -3.62. The number of hydrogen-bond acceptors (Lipinski definition) is 7. The second-order valence-corrected chi connectivity index (χ2v) is 8.21. The van der Waals surface area contributed by atoms with E-state index >= 15 is 0 Å². The highest BCUT2D eigenvalue weighted by molar-refractivity contribution is 7.90. The number of fused-ring (bicyclic) bond motifs is 1. The van der Waals surface area contributed by atoms with E-state index in [1.807, 2.05) is 6.92 Å². The first kappa shape index (κ1) is 17.5. The van der Waals surface area contributed by atoms with E-state index in [-0.39, 0.29) is 16.6 Å². The number of carbonyl (C=O) groups is 1. The number of aromatic nitrogens is 2. The van der Waals surface area contributed by atoms with E-state index in [1.165, 1.54) is 17.4 Å². The fourth-order valence-corrected chi connectivity index (χ4v) is 4.39. The van der Waals surface area contributed by atoms with Crippen LogP contribution in [0.3, 0.4) is 0 Å². The van der Waals surface area contributed by atoms with Crippen LogP contribution >= 0.6 is 11.3 Å². The highest BCUT2D eigenvalue weighted by atomic mass is 32.2. The summed E-state index contributed by atoms with van der Waals surface area (Å²) in [6, 6.07) is 5.72. The summed E-state index contributed by atoms with van der Waals surface area (Å²) in [6.45, 7) is 3.63. The molecule has 1 aromatic carbocycles.